The Kier molecular flexibility index (Phi) is 3.89. The molecule has 0 spiro atoms. The summed E-state index contributed by atoms with van der Waals surface area (Å²) in [5, 5.41) is 22.6. The molecule has 7 heteroatoms. The summed E-state index contributed by atoms with van der Waals surface area (Å²) in [6.45, 7) is 0. The quantitative estimate of drug-likeness (QED) is 0.442. The van der Waals surface area contributed by atoms with E-state index in [-0.39, 0.29) is 29.5 Å². The van der Waals surface area contributed by atoms with Crippen molar-refractivity contribution in [2.45, 2.75) is 37.6 Å². The number of phenolic OH excluding ortho intramolecular Hbond substituents is 1. The molecule has 0 atom stereocenters. The van der Waals surface area contributed by atoms with Gasteiger partial charge in [-0.25, -0.2) is 0 Å². The molecule has 108 valence electrons. The Morgan fingerprint density at radius 3 is 2.70 bits per heavy atom. The monoisotopic (exact) mass is 279 g/mol. The Morgan fingerprint density at radius 1 is 1.45 bits per heavy atom. The number of nitro benzene ring substituents is 1. The highest BCUT2D eigenvalue weighted by Gasteiger charge is 2.32. The fourth-order valence-corrected chi connectivity index (χ4v) is 2.55. The molecule has 1 amide bonds. The van der Waals surface area contributed by atoms with Crippen molar-refractivity contribution in [2.75, 3.05) is 5.32 Å². The first-order valence-electron chi connectivity index (χ1n) is 6.46. The van der Waals surface area contributed by atoms with Gasteiger partial charge in [0.25, 0.3) is 5.69 Å². The van der Waals surface area contributed by atoms with Crippen molar-refractivity contribution in [3.8, 4) is 5.75 Å². The number of carbonyl (C=O) groups is 1. The highest BCUT2D eigenvalue weighted by molar-refractivity contribution is 5.93. The molecule has 0 radical (unpaired) electrons. The second-order valence-corrected chi connectivity index (χ2v) is 5.25. The van der Waals surface area contributed by atoms with Crippen LogP contribution in [0.5, 0.6) is 5.75 Å². The number of aromatic hydroxyl groups is 1. The van der Waals surface area contributed by atoms with E-state index < -0.39 is 10.5 Å². The maximum atomic E-state index is 12.0. The Hall–Kier alpha value is -2.15. The average molecular weight is 279 g/mol. The number of phenols is 1. The van der Waals surface area contributed by atoms with Crippen LogP contribution in [0.2, 0.25) is 0 Å². The zero-order chi connectivity index (χ0) is 14.8. The largest absolute Gasteiger partial charge is 0.508 e. The number of hydrogen-bond acceptors (Lipinski definition) is 5. The van der Waals surface area contributed by atoms with Gasteiger partial charge in [-0.05, 0) is 25.0 Å². The number of benzene rings is 1. The van der Waals surface area contributed by atoms with Crippen molar-refractivity contribution >= 4 is 17.3 Å². The lowest BCUT2D eigenvalue weighted by Gasteiger charge is -2.22. The number of amides is 1. The second kappa shape index (κ2) is 5.46. The zero-order valence-corrected chi connectivity index (χ0v) is 11.0. The highest BCUT2D eigenvalue weighted by Crippen LogP contribution is 2.32. The molecular weight excluding hydrogens is 262 g/mol. The second-order valence-electron chi connectivity index (χ2n) is 5.25. The van der Waals surface area contributed by atoms with E-state index >= 15 is 0 Å². The number of hydrogen-bond donors (Lipinski definition) is 3. The topological polar surface area (TPSA) is 118 Å². The summed E-state index contributed by atoms with van der Waals surface area (Å²) in [5.41, 5.74) is 5.33. The predicted octanol–water partition coefficient (Wildman–Crippen LogP) is 1.90. The number of nitrogens with zero attached hydrogens (tertiary/aromatic N) is 1. The highest BCUT2D eigenvalue weighted by atomic mass is 16.6. The molecular formula is C13H17N3O4. The minimum atomic E-state index is -0.650. The molecule has 1 aromatic rings. The van der Waals surface area contributed by atoms with Crippen molar-refractivity contribution in [3.63, 3.8) is 0 Å². The first-order chi connectivity index (χ1) is 9.39. The first kappa shape index (κ1) is 14.3. The Labute approximate surface area is 115 Å². The molecule has 7 nitrogen and oxygen atoms in total. The molecule has 0 unspecified atom stereocenters. The fraction of sp³-hybridized carbons (Fsp3) is 0.462. The third-order valence-corrected chi connectivity index (χ3v) is 3.56. The molecule has 0 saturated heterocycles. The maximum Gasteiger partial charge on any atom is 0.296 e. The number of anilines is 1. The molecule has 1 fully saturated rings. The lowest BCUT2D eigenvalue weighted by Crippen LogP contribution is -2.40. The van der Waals surface area contributed by atoms with E-state index in [2.05, 4.69) is 5.32 Å². The smallest absolute Gasteiger partial charge is 0.296 e. The summed E-state index contributed by atoms with van der Waals surface area (Å²) in [6.07, 6.45) is 3.73. The molecule has 1 aromatic carbocycles. The average Bonchev–Trinajstić information content (AvgIpc) is 2.77. The van der Waals surface area contributed by atoms with Gasteiger partial charge >= 0.3 is 0 Å². The van der Waals surface area contributed by atoms with Gasteiger partial charge in [0.05, 0.1) is 11.0 Å². The Morgan fingerprint density at radius 2 is 2.10 bits per heavy atom. The van der Waals surface area contributed by atoms with Gasteiger partial charge in [-0.1, -0.05) is 12.8 Å². The molecule has 1 aliphatic rings. The lowest BCUT2D eigenvalue weighted by molar-refractivity contribution is -0.384. The fourth-order valence-electron chi connectivity index (χ4n) is 2.55. The summed E-state index contributed by atoms with van der Waals surface area (Å²) in [7, 11) is 0. The standard InChI is InChI=1S/C13H17N3O4/c14-13(5-1-2-6-13)8-12(18)15-10-4-3-9(17)7-11(10)16(19)20/h3-4,7,17H,1-2,5-6,8,14H2,(H,15,18). The third kappa shape index (κ3) is 3.24. The summed E-state index contributed by atoms with van der Waals surface area (Å²) < 4.78 is 0. The Balaban J connectivity index is 2.09. The van der Waals surface area contributed by atoms with E-state index in [9.17, 15) is 20.0 Å². The molecule has 2 rings (SSSR count). The third-order valence-electron chi connectivity index (χ3n) is 3.56. The maximum absolute atomic E-state index is 12.0. The Bertz CT molecular complexity index is 538. The SMILES string of the molecule is NC1(CC(=O)Nc2ccc(O)cc2[N+](=O)[O-])CCCC1. The van der Waals surface area contributed by atoms with Crippen LogP contribution in [0, 0.1) is 10.1 Å². The van der Waals surface area contributed by atoms with E-state index in [1.54, 1.807) is 0 Å². The van der Waals surface area contributed by atoms with Crippen LogP contribution in [0.4, 0.5) is 11.4 Å². The molecule has 1 saturated carbocycles. The van der Waals surface area contributed by atoms with Gasteiger partial charge < -0.3 is 16.2 Å². The van der Waals surface area contributed by atoms with Crippen LogP contribution < -0.4 is 11.1 Å². The molecule has 1 aliphatic carbocycles. The van der Waals surface area contributed by atoms with Crippen LogP contribution in [0.15, 0.2) is 18.2 Å². The molecule has 0 bridgehead atoms. The van der Waals surface area contributed by atoms with Crippen molar-refractivity contribution < 1.29 is 14.8 Å². The van der Waals surface area contributed by atoms with Crippen molar-refractivity contribution in [1.82, 2.24) is 0 Å². The molecule has 0 heterocycles. The van der Waals surface area contributed by atoms with Crippen molar-refractivity contribution in [1.29, 1.82) is 0 Å². The summed E-state index contributed by atoms with van der Waals surface area (Å²) in [4.78, 5) is 22.2. The van der Waals surface area contributed by atoms with Gasteiger partial charge in [-0.3, -0.25) is 14.9 Å². The van der Waals surface area contributed by atoms with Crippen LogP contribution in [0.3, 0.4) is 0 Å². The summed E-state index contributed by atoms with van der Waals surface area (Å²) >= 11 is 0. The van der Waals surface area contributed by atoms with Gasteiger partial charge in [-0.2, -0.15) is 0 Å². The minimum absolute atomic E-state index is 0.0689. The molecule has 0 aromatic heterocycles. The van der Waals surface area contributed by atoms with E-state index in [4.69, 9.17) is 5.73 Å². The van der Waals surface area contributed by atoms with Crippen LogP contribution in [-0.2, 0) is 4.79 Å². The molecule has 0 aliphatic heterocycles. The molecule has 4 N–H and O–H groups in total. The summed E-state index contributed by atoms with van der Waals surface area (Å²) in [5.74, 6) is -0.566. The zero-order valence-electron chi connectivity index (χ0n) is 11.0. The van der Waals surface area contributed by atoms with E-state index in [1.165, 1.54) is 12.1 Å². The van der Waals surface area contributed by atoms with E-state index in [1.807, 2.05) is 0 Å². The van der Waals surface area contributed by atoms with Gasteiger partial charge in [0.15, 0.2) is 0 Å². The number of nitro groups is 1. The first-order valence-corrected chi connectivity index (χ1v) is 6.46. The van der Waals surface area contributed by atoms with E-state index in [0.29, 0.717) is 0 Å². The normalized spacial score (nSPS) is 16.9. The van der Waals surface area contributed by atoms with Gasteiger partial charge in [-0.15, -0.1) is 0 Å². The van der Waals surface area contributed by atoms with Crippen molar-refractivity contribution in [3.05, 3.63) is 28.3 Å². The van der Waals surface area contributed by atoms with E-state index in [0.717, 1.165) is 31.7 Å². The number of nitrogens with one attached hydrogen (secondary N) is 1. The van der Waals surface area contributed by atoms with Gasteiger partial charge in [0.2, 0.25) is 5.91 Å². The van der Waals surface area contributed by atoms with Gasteiger partial charge in [0, 0.05) is 12.0 Å². The lowest BCUT2D eigenvalue weighted by atomic mass is 9.94. The van der Waals surface area contributed by atoms with Crippen LogP contribution in [0.1, 0.15) is 32.1 Å². The molecule has 20 heavy (non-hydrogen) atoms. The van der Waals surface area contributed by atoms with Crippen LogP contribution in [0.25, 0.3) is 0 Å². The number of carbonyl (C=O) groups excluding carboxylic acids is 1. The van der Waals surface area contributed by atoms with Gasteiger partial charge in [0.1, 0.15) is 11.4 Å². The van der Waals surface area contributed by atoms with Crippen LogP contribution in [-0.4, -0.2) is 21.5 Å². The minimum Gasteiger partial charge on any atom is -0.508 e. The van der Waals surface area contributed by atoms with Crippen molar-refractivity contribution in [2.24, 2.45) is 5.73 Å². The summed E-state index contributed by atoms with van der Waals surface area (Å²) in [6, 6.07) is 3.60. The number of nitrogens with two attached hydrogens (primary N) is 1. The predicted molar refractivity (Wildman–Crippen MR) is 73.4 cm³/mol. The van der Waals surface area contributed by atoms with Crippen LogP contribution >= 0.6 is 0 Å². The number of rotatable bonds is 4.